The van der Waals surface area contributed by atoms with Crippen molar-refractivity contribution >= 4 is 29.6 Å². The molecule has 1 N–H and O–H groups in total. The molecule has 0 bridgehead atoms. The Kier molecular flexibility index (Phi) is 7.50. The Morgan fingerprint density at radius 2 is 2.10 bits per heavy atom. The van der Waals surface area contributed by atoms with Crippen LogP contribution in [0.4, 0.5) is 9.18 Å². The zero-order valence-electron chi connectivity index (χ0n) is 21.3. The van der Waals surface area contributed by atoms with Crippen LogP contribution in [-0.4, -0.2) is 59.7 Å². The maximum absolute atomic E-state index is 14.4. The molecule has 11 nitrogen and oxygen atoms in total. The number of nitrogens with one attached hydrogen (secondary N) is 1. The maximum Gasteiger partial charge on any atom is 0.511 e. The second-order valence-electron chi connectivity index (χ2n) is 9.30. The quantitative estimate of drug-likeness (QED) is 0.402. The highest BCUT2D eigenvalue weighted by atomic mass is 35.5. The van der Waals surface area contributed by atoms with Crippen LogP contribution in [0, 0.1) is 5.82 Å². The van der Waals surface area contributed by atoms with E-state index in [1.54, 1.807) is 22.5 Å². The lowest BCUT2D eigenvalue weighted by molar-refractivity contribution is -0.110. The van der Waals surface area contributed by atoms with Gasteiger partial charge in [0.05, 0.1) is 24.3 Å². The van der Waals surface area contributed by atoms with E-state index in [2.05, 4.69) is 5.32 Å². The van der Waals surface area contributed by atoms with Crippen molar-refractivity contribution in [2.45, 2.75) is 58.2 Å². The molecule has 3 aliphatic rings. The smallest absolute Gasteiger partial charge is 0.448 e. The molecule has 4 heterocycles. The van der Waals surface area contributed by atoms with Gasteiger partial charge in [-0.05, 0) is 32.3 Å². The largest absolute Gasteiger partial charge is 0.511 e. The lowest BCUT2D eigenvalue weighted by Gasteiger charge is -2.44. The fraction of sp³-hybridized carbons (Fsp3) is 0.462. The van der Waals surface area contributed by atoms with Gasteiger partial charge in [-0.15, -0.1) is 0 Å². The van der Waals surface area contributed by atoms with Crippen LogP contribution in [-0.2, 0) is 27.2 Å². The van der Waals surface area contributed by atoms with Gasteiger partial charge in [0, 0.05) is 31.3 Å². The van der Waals surface area contributed by atoms with Gasteiger partial charge >= 0.3 is 6.16 Å². The van der Waals surface area contributed by atoms with Crippen molar-refractivity contribution in [3.05, 3.63) is 61.8 Å². The lowest BCUT2D eigenvalue weighted by atomic mass is 10.1. The summed E-state index contributed by atoms with van der Waals surface area (Å²) in [5.41, 5.74) is -0.616. The van der Waals surface area contributed by atoms with E-state index in [1.165, 1.54) is 19.1 Å². The van der Waals surface area contributed by atoms with Crippen LogP contribution < -0.4 is 15.5 Å². The normalized spacial score (nSPS) is 20.1. The second-order valence-corrected chi connectivity index (χ2v) is 9.71. The topological polar surface area (TPSA) is 125 Å². The number of ether oxygens (including phenoxy) is 4. The van der Waals surface area contributed by atoms with Crippen molar-refractivity contribution in [3.63, 3.8) is 0 Å². The van der Waals surface area contributed by atoms with Crippen molar-refractivity contribution in [1.29, 1.82) is 0 Å². The van der Waals surface area contributed by atoms with Crippen LogP contribution in [0.5, 0.6) is 5.75 Å². The third-order valence-electron chi connectivity index (χ3n) is 6.92. The number of nitrogens with zero attached hydrogens (tertiary/aromatic N) is 2. The predicted octanol–water partition coefficient (Wildman–Crippen LogP) is 3.16. The highest BCUT2D eigenvalue weighted by Gasteiger charge is 2.48. The van der Waals surface area contributed by atoms with Crippen molar-refractivity contribution in [2.75, 3.05) is 19.8 Å². The number of halogens is 2. The minimum Gasteiger partial charge on any atom is -0.448 e. The zero-order valence-corrected chi connectivity index (χ0v) is 22.1. The molecule has 39 heavy (non-hydrogen) atoms. The second kappa shape index (κ2) is 10.9. The molecule has 3 aliphatic heterocycles. The summed E-state index contributed by atoms with van der Waals surface area (Å²) in [6.45, 7) is 3.70. The van der Waals surface area contributed by atoms with E-state index in [9.17, 15) is 23.6 Å². The first kappa shape index (κ1) is 26.9. The molecular weight excluding hydrogens is 537 g/mol. The zero-order chi connectivity index (χ0) is 27.8. The van der Waals surface area contributed by atoms with Gasteiger partial charge in [-0.25, -0.2) is 9.18 Å². The maximum atomic E-state index is 14.4. The molecule has 2 amide bonds. The molecule has 1 aromatic carbocycles. The molecule has 0 radical (unpaired) electrons. The molecule has 5 rings (SSSR count). The molecule has 0 unspecified atom stereocenters. The average molecular weight is 564 g/mol. The highest BCUT2D eigenvalue weighted by Crippen LogP contribution is 2.42. The van der Waals surface area contributed by atoms with Crippen LogP contribution in [0.25, 0.3) is 0 Å². The van der Waals surface area contributed by atoms with Crippen molar-refractivity contribution in [3.8, 4) is 5.75 Å². The summed E-state index contributed by atoms with van der Waals surface area (Å²) in [6, 6.07) is 4.04. The van der Waals surface area contributed by atoms with Gasteiger partial charge in [0.15, 0.2) is 11.9 Å². The summed E-state index contributed by atoms with van der Waals surface area (Å²) in [7, 11) is 0. The van der Waals surface area contributed by atoms with Crippen LogP contribution in [0.15, 0.2) is 23.0 Å². The lowest BCUT2D eigenvalue weighted by Crippen LogP contribution is -2.55. The van der Waals surface area contributed by atoms with Crippen LogP contribution in [0.1, 0.15) is 64.8 Å². The summed E-state index contributed by atoms with van der Waals surface area (Å²) < 4.78 is 37.5. The van der Waals surface area contributed by atoms with E-state index >= 15 is 0 Å². The van der Waals surface area contributed by atoms with Crippen LogP contribution in [0.2, 0.25) is 5.02 Å². The Labute approximate surface area is 227 Å². The molecule has 1 aromatic heterocycles. The number of carbonyl (C=O) groups excluding carboxylic acids is 3. The fourth-order valence-corrected chi connectivity index (χ4v) is 5.50. The first-order chi connectivity index (χ1) is 18.7. The van der Waals surface area contributed by atoms with E-state index in [0.29, 0.717) is 38.1 Å². The average Bonchev–Trinajstić information content (AvgIpc) is 3.34. The number of benzene rings is 1. The van der Waals surface area contributed by atoms with Gasteiger partial charge in [0.1, 0.15) is 11.4 Å². The molecule has 0 aliphatic carbocycles. The monoisotopic (exact) mass is 563 g/mol. The molecular formula is C26H27ClFN3O8. The summed E-state index contributed by atoms with van der Waals surface area (Å²) in [6.07, 6.45) is -1.41. The minimum absolute atomic E-state index is 0.0315. The summed E-state index contributed by atoms with van der Waals surface area (Å²) in [5, 5.41) is 2.48. The first-order valence-corrected chi connectivity index (χ1v) is 13.1. The summed E-state index contributed by atoms with van der Waals surface area (Å²) in [5.74, 6) is -2.35. The number of rotatable bonds is 7. The molecule has 13 heteroatoms. The number of hydrogen-bond donors (Lipinski definition) is 1. The summed E-state index contributed by atoms with van der Waals surface area (Å²) in [4.78, 5) is 54.2. The van der Waals surface area contributed by atoms with E-state index < -0.39 is 47.5 Å². The molecule has 0 saturated carbocycles. The standard InChI is InChI=1S/C26H27ClFN3O8/c1-3-36-26(35)39-13(2)38-22-20-24(34)30-10-5-11-37-25(30)17-9-8-16(31(17)20)18(21(22)32)23(33)29-12-14-6-4-7-15(27)19(14)28/h4,6-7,13,17,25H,3,5,8-12H2,1-2H3,(H,29,33)/t13-,17-,25+/m1/s1. The van der Waals surface area contributed by atoms with E-state index in [0.717, 1.165) is 0 Å². The number of pyridine rings is 1. The van der Waals surface area contributed by atoms with Crippen LogP contribution in [0.3, 0.4) is 0 Å². The number of fused-ring (bicyclic) bond motifs is 2. The van der Waals surface area contributed by atoms with Gasteiger partial charge < -0.3 is 33.7 Å². The van der Waals surface area contributed by atoms with Crippen LogP contribution >= 0.6 is 11.6 Å². The number of hydrogen-bond acceptors (Lipinski definition) is 8. The van der Waals surface area contributed by atoms with Gasteiger partial charge in [-0.3, -0.25) is 14.4 Å². The Morgan fingerprint density at radius 3 is 2.87 bits per heavy atom. The molecule has 0 spiro atoms. The number of amides is 2. The molecule has 1 saturated heterocycles. The summed E-state index contributed by atoms with van der Waals surface area (Å²) >= 11 is 5.85. The molecule has 208 valence electrons. The molecule has 2 aromatic rings. The van der Waals surface area contributed by atoms with E-state index in [4.69, 9.17) is 30.5 Å². The Bertz CT molecular complexity index is 1400. The third-order valence-corrected chi connectivity index (χ3v) is 7.21. The highest BCUT2D eigenvalue weighted by molar-refractivity contribution is 6.30. The van der Waals surface area contributed by atoms with E-state index in [-0.39, 0.29) is 41.0 Å². The first-order valence-electron chi connectivity index (χ1n) is 12.7. The van der Waals surface area contributed by atoms with Gasteiger partial charge in [0.25, 0.3) is 11.8 Å². The Balaban J connectivity index is 1.56. The number of aromatic nitrogens is 1. The van der Waals surface area contributed by atoms with Crippen molar-refractivity contribution in [2.24, 2.45) is 0 Å². The third kappa shape index (κ3) is 4.82. The predicted molar refractivity (Wildman–Crippen MR) is 134 cm³/mol. The van der Waals surface area contributed by atoms with Gasteiger partial charge in [0.2, 0.25) is 17.5 Å². The van der Waals surface area contributed by atoms with E-state index in [1.807, 2.05) is 0 Å². The Morgan fingerprint density at radius 1 is 1.31 bits per heavy atom. The van der Waals surface area contributed by atoms with Gasteiger partial charge in [-0.1, -0.05) is 23.7 Å². The fourth-order valence-electron chi connectivity index (χ4n) is 5.31. The molecule has 3 atom stereocenters. The van der Waals surface area contributed by atoms with Gasteiger partial charge in [-0.2, -0.15) is 0 Å². The van der Waals surface area contributed by atoms with Crippen molar-refractivity contribution in [1.82, 2.24) is 14.8 Å². The molecule has 1 fully saturated rings. The Hall–Kier alpha value is -3.64. The van der Waals surface area contributed by atoms with Crippen molar-refractivity contribution < 1.29 is 37.7 Å². The minimum atomic E-state index is -1.31. The number of carbonyl (C=O) groups is 3. The SMILES string of the molecule is CCOC(=O)O[C@H](C)Oc1c2n3c(c(C(=O)NCc4cccc(Cl)c4F)c1=O)CC[C@@H]3[C@@H]1OCCCN1C2=O.